The van der Waals surface area contributed by atoms with Crippen LogP contribution in [-0.4, -0.2) is 35.3 Å². The van der Waals surface area contributed by atoms with E-state index >= 15 is 0 Å². The summed E-state index contributed by atoms with van der Waals surface area (Å²) in [5.74, 6) is -1.56. The normalized spacial score (nSPS) is 18.0. The molecule has 158 valence electrons. The maximum atomic E-state index is 12.6. The van der Waals surface area contributed by atoms with Crippen LogP contribution < -0.4 is 5.32 Å². The van der Waals surface area contributed by atoms with Crippen molar-refractivity contribution in [3.63, 3.8) is 0 Å². The van der Waals surface area contributed by atoms with Gasteiger partial charge in [-0.25, -0.2) is 0 Å². The number of likely N-dealkylation sites (tertiary alicyclic amines) is 1. The summed E-state index contributed by atoms with van der Waals surface area (Å²) < 4.78 is 5.37. The van der Waals surface area contributed by atoms with Crippen LogP contribution in [0.1, 0.15) is 44.4 Å². The highest BCUT2D eigenvalue weighted by Crippen LogP contribution is 2.29. The smallest absolute Gasteiger partial charge is 0.312 e. The number of nitrogens with zero attached hydrogens (tertiary/aromatic N) is 1. The zero-order chi connectivity index (χ0) is 21.7. The van der Waals surface area contributed by atoms with Gasteiger partial charge in [-0.2, -0.15) is 0 Å². The predicted octanol–water partition coefficient (Wildman–Crippen LogP) is 3.73. The zero-order valence-electron chi connectivity index (χ0n) is 17.6. The third kappa shape index (κ3) is 5.06. The lowest BCUT2D eigenvalue weighted by Crippen LogP contribution is -2.33. The lowest BCUT2D eigenvalue weighted by molar-refractivity contribution is -0.157. The van der Waals surface area contributed by atoms with Crippen LogP contribution in [0, 0.1) is 5.92 Å². The number of carbonyl (C=O) groups is 3. The van der Waals surface area contributed by atoms with E-state index in [1.807, 2.05) is 61.5 Å². The molecule has 1 N–H and O–H groups in total. The number of anilines is 1. The average Bonchev–Trinajstić information content (AvgIpc) is 3.16. The molecule has 30 heavy (non-hydrogen) atoms. The molecule has 6 nitrogen and oxygen atoms in total. The Morgan fingerprint density at radius 3 is 2.40 bits per heavy atom. The molecule has 2 aromatic rings. The molecular formula is C24H28N2O4. The summed E-state index contributed by atoms with van der Waals surface area (Å²) in [5, 5.41) is 2.75. The standard InChI is InChI=1S/C24H28N2O4/c1-4-18-10-12-21(13-11-18)25-23(28)17(3)30-24(29)20-14-22(27)26(15-20)16(2)19-8-6-5-7-9-19/h5-13,16-17,20H,4,14-15H2,1-3H3,(H,25,28)/t16-,17-,20-/m0/s1. The molecule has 0 radical (unpaired) electrons. The first-order valence-corrected chi connectivity index (χ1v) is 10.3. The number of rotatable bonds is 7. The van der Waals surface area contributed by atoms with Crippen LogP contribution in [0.25, 0.3) is 0 Å². The van der Waals surface area contributed by atoms with Gasteiger partial charge in [-0.3, -0.25) is 14.4 Å². The second kappa shape index (κ2) is 9.57. The molecule has 0 aliphatic carbocycles. The van der Waals surface area contributed by atoms with Crippen molar-refractivity contribution in [3.05, 3.63) is 65.7 Å². The fourth-order valence-corrected chi connectivity index (χ4v) is 3.57. The van der Waals surface area contributed by atoms with Gasteiger partial charge in [0.15, 0.2) is 6.10 Å². The van der Waals surface area contributed by atoms with E-state index < -0.39 is 23.9 Å². The van der Waals surface area contributed by atoms with Gasteiger partial charge in [-0.15, -0.1) is 0 Å². The molecule has 1 fully saturated rings. The number of aryl methyl sites for hydroxylation is 1. The SMILES string of the molecule is CCc1ccc(NC(=O)[C@H](C)OC(=O)[C@H]2CC(=O)N([C@@H](C)c3ccccc3)C2)cc1. The van der Waals surface area contributed by atoms with E-state index in [2.05, 4.69) is 12.2 Å². The predicted molar refractivity (Wildman–Crippen MR) is 115 cm³/mol. The third-order valence-corrected chi connectivity index (χ3v) is 5.53. The second-order valence-corrected chi connectivity index (χ2v) is 7.65. The van der Waals surface area contributed by atoms with Crippen LogP contribution in [0.3, 0.4) is 0 Å². The number of nitrogens with one attached hydrogen (secondary N) is 1. The van der Waals surface area contributed by atoms with Crippen LogP contribution in [0.5, 0.6) is 0 Å². The highest BCUT2D eigenvalue weighted by Gasteiger charge is 2.38. The van der Waals surface area contributed by atoms with Gasteiger partial charge in [-0.1, -0.05) is 49.4 Å². The minimum absolute atomic E-state index is 0.0820. The van der Waals surface area contributed by atoms with E-state index in [0.29, 0.717) is 12.2 Å². The monoisotopic (exact) mass is 408 g/mol. The lowest BCUT2D eigenvalue weighted by atomic mass is 10.1. The maximum Gasteiger partial charge on any atom is 0.312 e. The Balaban J connectivity index is 1.54. The fourth-order valence-electron chi connectivity index (χ4n) is 3.57. The van der Waals surface area contributed by atoms with E-state index in [4.69, 9.17) is 4.74 Å². The number of esters is 1. The summed E-state index contributed by atoms with van der Waals surface area (Å²) >= 11 is 0. The van der Waals surface area contributed by atoms with E-state index in [1.165, 1.54) is 12.5 Å². The molecule has 1 heterocycles. The van der Waals surface area contributed by atoms with Gasteiger partial charge in [0.1, 0.15) is 0 Å². The van der Waals surface area contributed by atoms with Crippen molar-refractivity contribution in [3.8, 4) is 0 Å². The zero-order valence-corrected chi connectivity index (χ0v) is 17.6. The van der Waals surface area contributed by atoms with Crippen LogP contribution in [0.4, 0.5) is 5.69 Å². The van der Waals surface area contributed by atoms with Crippen molar-refractivity contribution in [2.24, 2.45) is 5.92 Å². The minimum Gasteiger partial charge on any atom is -0.452 e. The van der Waals surface area contributed by atoms with Gasteiger partial charge in [-0.05, 0) is 43.5 Å². The summed E-state index contributed by atoms with van der Waals surface area (Å²) in [6.45, 7) is 5.83. The number of ether oxygens (including phenoxy) is 1. The summed E-state index contributed by atoms with van der Waals surface area (Å²) in [5.41, 5.74) is 2.84. The minimum atomic E-state index is -0.945. The van der Waals surface area contributed by atoms with Gasteiger partial charge < -0.3 is 15.0 Å². The van der Waals surface area contributed by atoms with E-state index in [1.54, 1.807) is 4.90 Å². The summed E-state index contributed by atoms with van der Waals surface area (Å²) in [4.78, 5) is 39.1. The summed E-state index contributed by atoms with van der Waals surface area (Å²) in [6, 6.07) is 17.1. The third-order valence-electron chi connectivity index (χ3n) is 5.53. The Bertz CT molecular complexity index is 895. The molecule has 3 atom stereocenters. The molecule has 2 amide bonds. The molecule has 3 rings (SSSR count). The van der Waals surface area contributed by atoms with Gasteiger partial charge >= 0.3 is 5.97 Å². The van der Waals surface area contributed by atoms with Crippen LogP contribution in [0.15, 0.2) is 54.6 Å². The topological polar surface area (TPSA) is 75.7 Å². The first-order valence-electron chi connectivity index (χ1n) is 10.3. The molecule has 2 aromatic carbocycles. The van der Waals surface area contributed by atoms with Crippen molar-refractivity contribution >= 4 is 23.5 Å². The molecule has 0 saturated carbocycles. The fraction of sp³-hybridized carbons (Fsp3) is 0.375. The highest BCUT2D eigenvalue weighted by molar-refractivity contribution is 5.95. The molecule has 0 aromatic heterocycles. The number of benzene rings is 2. The van der Waals surface area contributed by atoms with Crippen molar-refractivity contribution in [2.75, 3.05) is 11.9 Å². The van der Waals surface area contributed by atoms with Crippen molar-refractivity contribution < 1.29 is 19.1 Å². The molecule has 6 heteroatoms. The van der Waals surface area contributed by atoms with Gasteiger partial charge in [0, 0.05) is 18.7 Å². The first-order chi connectivity index (χ1) is 14.4. The molecule has 0 spiro atoms. The second-order valence-electron chi connectivity index (χ2n) is 7.65. The Morgan fingerprint density at radius 2 is 1.77 bits per heavy atom. The average molecular weight is 408 g/mol. The number of hydrogen-bond acceptors (Lipinski definition) is 4. The maximum absolute atomic E-state index is 12.6. The van der Waals surface area contributed by atoms with Crippen molar-refractivity contribution in [1.29, 1.82) is 0 Å². The van der Waals surface area contributed by atoms with Crippen LogP contribution in [-0.2, 0) is 25.5 Å². The molecular weight excluding hydrogens is 380 g/mol. The van der Waals surface area contributed by atoms with Gasteiger partial charge in [0.2, 0.25) is 5.91 Å². The van der Waals surface area contributed by atoms with Gasteiger partial charge in [0.05, 0.1) is 12.0 Å². The van der Waals surface area contributed by atoms with E-state index in [9.17, 15) is 14.4 Å². The Kier molecular flexibility index (Phi) is 6.87. The lowest BCUT2D eigenvalue weighted by Gasteiger charge is -2.25. The van der Waals surface area contributed by atoms with Crippen LogP contribution >= 0.6 is 0 Å². The first kappa shape index (κ1) is 21.6. The summed E-state index contributed by atoms with van der Waals surface area (Å²) in [6.07, 6.45) is 0.0736. The van der Waals surface area contributed by atoms with Crippen molar-refractivity contribution in [1.82, 2.24) is 4.90 Å². The van der Waals surface area contributed by atoms with Gasteiger partial charge in [0.25, 0.3) is 5.91 Å². The number of carbonyl (C=O) groups excluding carboxylic acids is 3. The molecule has 0 bridgehead atoms. The highest BCUT2D eigenvalue weighted by atomic mass is 16.5. The Morgan fingerprint density at radius 1 is 1.10 bits per heavy atom. The van der Waals surface area contributed by atoms with E-state index in [-0.39, 0.29) is 18.4 Å². The number of amides is 2. The van der Waals surface area contributed by atoms with E-state index in [0.717, 1.165) is 12.0 Å². The summed E-state index contributed by atoms with van der Waals surface area (Å²) in [7, 11) is 0. The largest absolute Gasteiger partial charge is 0.452 e. The Labute approximate surface area is 177 Å². The molecule has 1 saturated heterocycles. The van der Waals surface area contributed by atoms with Crippen molar-refractivity contribution in [2.45, 2.75) is 45.8 Å². The molecule has 0 unspecified atom stereocenters. The van der Waals surface area contributed by atoms with Crippen LogP contribution in [0.2, 0.25) is 0 Å². The quantitative estimate of drug-likeness (QED) is 0.709. The molecule has 1 aliphatic rings. The number of hydrogen-bond donors (Lipinski definition) is 1. The Hall–Kier alpha value is -3.15. The molecule has 1 aliphatic heterocycles.